The van der Waals surface area contributed by atoms with E-state index in [1.165, 1.54) is 41.5 Å². The standard InChI is InChI=1S/C24H26N2O.ClH/c1-18-17-25-20(16-23(18)26-14-4-3-5-15-26)13-12-19-8-6-10-22-21(19)9-7-11-24(22)27-2;/h6-13,16-17H,3-5,14-15H2,1-2H3;1H. The predicted octanol–water partition coefficient (Wildman–Crippen LogP) is 6.13. The van der Waals surface area contributed by atoms with Gasteiger partial charge in [0.05, 0.1) is 12.8 Å². The number of hydrogen-bond acceptors (Lipinski definition) is 3. The first kappa shape index (κ1) is 20.2. The fraction of sp³-hybridized carbons (Fsp3) is 0.292. The molecule has 1 fully saturated rings. The quantitative estimate of drug-likeness (QED) is 0.531. The highest BCUT2D eigenvalue weighted by molar-refractivity contribution is 5.96. The minimum atomic E-state index is 0. The number of fused-ring (bicyclic) bond motifs is 1. The molecule has 0 amide bonds. The normalized spacial score (nSPS) is 14.3. The molecule has 0 N–H and O–H groups in total. The highest BCUT2D eigenvalue weighted by Crippen LogP contribution is 2.29. The zero-order valence-corrected chi connectivity index (χ0v) is 17.3. The van der Waals surface area contributed by atoms with E-state index in [-0.39, 0.29) is 12.4 Å². The van der Waals surface area contributed by atoms with E-state index in [0.717, 1.165) is 29.9 Å². The van der Waals surface area contributed by atoms with Crippen molar-refractivity contribution in [1.82, 2.24) is 4.98 Å². The van der Waals surface area contributed by atoms with Crippen molar-refractivity contribution in [3.8, 4) is 5.75 Å². The monoisotopic (exact) mass is 394 g/mol. The number of halogens is 1. The van der Waals surface area contributed by atoms with E-state index < -0.39 is 0 Å². The van der Waals surface area contributed by atoms with E-state index in [1.54, 1.807) is 7.11 Å². The molecule has 0 saturated carbocycles. The van der Waals surface area contributed by atoms with Crippen LogP contribution in [0, 0.1) is 6.92 Å². The molecule has 2 heterocycles. The molecule has 1 aromatic heterocycles. The number of rotatable bonds is 4. The second kappa shape index (κ2) is 9.11. The van der Waals surface area contributed by atoms with E-state index in [4.69, 9.17) is 4.74 Å². The third-order valence-electron chi connectivity index (χ3n) is 5.36. The van der Waals surface area contributed by atoms with Crippen molar-refractivity contribution in [3.63, 3.8) is 0 Å². The molecule has 0 aliphatic carbocycles. The topological polar surface area (TPSA) is 25.4 Å². The highest BCUT2D eigenvalue weighted by Gasteiger charge is 2.13. The van der Waals surface area contributed by atoms with Gasteiger partial charge in [-0.15, -0.1) is 12.4 Å². The van der Waals surface area contributed by atoms with Gasteiger partial charge in [-0.3, -0.25) is 4.98 Å². The Hall–Kier alpha value is -2.52. The molecule has 1 aliphatic heterocycles. The van der Waals surface area contributed by atoms with Crippen molar-refractivity contribution in [2.24, 2.45) is 0 Å². The Morgan fingerprint density at radius 1 is 0.964 bits per heavy atom. The van der Waals surface area contributed by atoms with Crippen molar-refractivity contribution in [2.75, 3.05) is 25.1 Å². The molecular formula is C24H27ClN2O. The number of aryl methyl sites for hydroxylation is 1. The van der Waals surface area contributed by atoms with Crippen molar-refractivity contribution >= 4 is 41.0 Å². The molecule has 28 heavy (non-hydrogen) atoms. The number of aromatic nitrogens is 1. The zero-order chi connectivity index (χ0) is 18.6. The summed E-state index contributed by atoms with van der Waals surface area (Å²) in [5.74, 6) is 0.906. The number of hydrogen-bond donors (Lipinski definition) is 0. The van der Waals surface area contributed by atoms with E-state index in [0.29, 0.717) is 0 Å². The van der Waals surface area contributed by atoms with Gasteiger partial charge in [0, 0.05) is 30.4 Å². The fourth-order valence-electron chi connectivity index (χ4n) is 3.90. The average Bonchev–Trinajstić information content (AvgIpc) is 2.73. The molecule has 0 radical (unpaired) electrons. The maximum atomic E-state index is 5.50. The van der Waals surface area contributed by atoms with E-state index in [1.807, 2.05) is 18.3 Å². The Bertz CT molecular complexity index is 978. The number of piperidine rings is 1. The number of anilines is 1. The molecule has 0 atom stereocenters. The molecule has 1 aliphatic rings. The second-order valence-electron chi connectivity index (χ2n) is 7.18. The van der Waals surface area contributed by atoms with Gasteiger partial charge >= 0.3 is 0 Å². The highest BCUT2D eigenvalue weighted by atomic mass is 35.5. The second-order valence-corrected chi connectivity index (χ2v) is 7.18. The van der Waals surface area contributed by atoms with Gasteiger partial charge in [0.2, 0.25) is 0 Å². The van der Waals surface area contributed by atoms with Gasteiger partial charge in [-0.05, 0) is 60.9 Å². The lowest BCUT2D eigenvalue weighted by Gasteiger charge is -2.30. The Labute approximate surface area is 173 Å². The molecule has 0 spiro atoms. The summed E-state index contributed by atoms with van der Waals surface area (Å²) >= 11 is 0. The molecule has 1 saturated heterocycles. The minimum Gasteiger partial charge on any atom is -0.496 e. The molecule has 0 unspecified atom stereocenters. The van der Waals surface area contributed by atoms with Gasteiger partial charge < -0.3 is 9.64 Å². The van der Waals surface area contributed by atoms with Crippen molar-refractivity contribution in [3.05, 3.63) is 65.5 Å². The molecule has 146 valence electrons. The summed E-state index contributed by atoms with van der Waals surface area (Å²) in [6.07, 6.45) is 10.2. The van der Waals surface area contributed by atoms with Crippen molar-refractivity contribution < 1.29 is 4.74 Å². The largest absolute Gasteiger partial charge is 0.496 e. The smallest absolute Gasteiger partial charge is 0.126 e. The van der Waals surface area contributed by atoms with E-state index >= 15 is 0 Å². The molecule has 3 nitrogen and oxygen atoms in total. The van der Waals surface area contributed by atoms with Crippen LogP contribution in [0.15, 0.2) is 48.7 Å². The average molecular weight is 395 g/mol. The van der Waals surface area contributed by atoms with Crippen LogP contribution in [0.3, 0.4) is 0 Å². The lowest BCUT2D eigenvalue weighted by Crippen LogP contribution is -2.30. The zero-order valence-electron chi connectivity index (χ0n) is 16.5. The summed E-state index contributed by atoms with van der Waals surface area (Å²) in [5, 5.41) is 2.32. The number of methoxy groups -OCH3 is 1. The Morgan fingerprint density at radius 2 is 1.71 bits per heavy atom. The van der Waals surface area contributed by atoms with Crippen LogP contribution in [0.25, 0.3) is 22.9 Å². The van der Waals surface area contributed by atoms with Crippen molar-refractivity contribution in [2.45, 2.75) is 26.2 Å². The Morgan fingerprint density at radius 3 is 2.50 bits per heavy atom. The first-order valence-corrected chi connectivity index (χ1v) is 9.71. The van der Waals surface area contributed by atoms with Crippen LogP contribution >= 0.6 is 12.4 Å². The summed E-state index contributed by atoms with van der Waals surface area (Å²) in [5.41, 5.74) is 4.75. The van der Waals surface area contributed by atoms with Crippen LogP contribution in [0.2, 0.25) is 0 Å². The Kier molecular flexibility index (Phi) is 6.58. The van der Waals surface area contributed by atoms with Gasteiger partial charge in [0.15, 0.2) is 0 Å². The van der Waals surface area contributed by atoms with Crippen molar-refractivity contribution in [1.29, 1.82) is 0 Å². The molecule has 4 rings (SSSR count). The third-order valence-corrected chi connectivity index (χ3v) is 5.36. The first-order chi connectivity index (χ1) is 13.3. The number of pyridine rings is 1. The molecule has 0 bridgehead atoms. The van der Waals surface area contributed by atoms with Gasteiger partial charge in [-0.25, -0.2) is 0 Å². The predicted molar refractivity (Wildman–Crippen MR) is 122 cm³/mol. The van der Waals surface area contributed by atoms with Crippen LogP contribution in [-0.2, 0) is 0 Å². The van der Waals surface area contributed by atoms with Crippen LogP contribution < -0.4 is 9.64 Å². The summed E-state index contributed by atoms with van der Waals surface area (Å²) in [4.78, 5) is 7.13. The third kappa shape index (κ3) is 4.15. The lowest BCUT2D eigenvalue weighted by atomic mass is 10.0. The maximum Gasteiger partial charge on any atom is 0.126 e. The van der Waals surface area contributed by atoms with Crippen LogP contribution in [0.5, 0.6) is 5.75 Å². The Balaban J connectivity index is 0.00000225. The molecule has 3 aromatic rings. The van der Waals surface area contributed by atoms with E-state index in [9.17, 15) is 0 Å². The van der Waals surface area contributed by atoms with Gasteiger partial charge in [0.1, 0.15) is 5.75 Å². The minimum absolute atomic E-state index is 0. The summed E-state index contributed by atoms with van der Waals surface area (Å²) in [6, 6.07) is 14.7. The molecule has 2 aromatic carbocycles. The molecular weight excluding hydrogens is 368 g/mol. The first-order valence-electron chi connectivity index (χ1n) is 9.71. The van der Waals surface area contributed by atoms with Crippen LogP contribution in [0.4, 0.5) is 5.69 Å². The fourth-order valence-corrected chi connectivity index (χ4v) is 3.90. The summed E-state index contributed by atoms with van der Waals surface area (Å²) < 4.78 is 5.50. The number of ether oxygens (including phenoxy) is 1. The van der Waals surface area contributed by atoms with Gasteiger partial charge in [-0.1, -0.05) is 36.4 Å². The molecule has 4 heteroatoms. The summed E-state index contributed by atoms with van der Waals surface area (Å²) in [7, 11) is 1.72. The van der Waals surface area contributed by atoms with E-state index in [2.05, 4.69) is 59.3 Å². The SMILES string of the molecule is COc1cccc2c(C=Cc3cc(N4CCCCC4)c(C)cn3)cccc12.Cl. The summed E-state index contributed by atoms with van der Waals surface area (Å²) in [6.45, 7) is 4.45. The van der Waals surface area contributed by atoms with Crippen LogP contribution in [0.1, 0.15) is 36.1 Å². The maximum absolute atomic E-state index is 5.50. The van der Waals surface area contributed by atoms with Gasteiger partial charge in [-0.2, -0.15) is 0 Å². The number of benzene rings is 2. The van der Waals surface area contributed by atoms with Crippen LogP contribution in [-0.4, -0.2) is 25.2 Å². The number of nitrogens with zero attached hydrogens (tertiary/aromatic N) is 2. The lowest BCUT2D eigenvalue weighted by molar-refractivity contribution is 0.420. The van der Waals surface area contributed by atoms with Gasteiger partial charge in [0.25, 0.3) is 0 Å².